The number of hydrogen-bond acceptors (Lipinski definition) is 1. The van der Waals surface area contributed by atoms with E-state index in [9.17, 15) is 0 Å². The van der Waals surface area contributed by atoms with Gasteiger partial charge in [0.25, 0.3) is 0 Å². The minimum atomic E-state index is 0.781. The van der Waals surface area contributed by atoms with E-state index in [1.165, 1.54) is 0 Å². The van der Waals surface area contributed by atoms with Crippen LogP contribution in [0.4, 0.5) is 0 Å². The Hall–Kier alpha value is -0.170. The molecule has 0 aliphatic carbocycles. The second-order valence-corrected chi connectivity index (χ2v) is 0.996. The summed E-state index contributed by atoms with van der Waals surface area (Å²) in [5.41, 5.74) is 5.10. The highest BCUT2D eigenvalue weighted by atomic mass is 14.5. The molecule has 0 amide bonds. The third-order valence-corrected chi connectivity index (χ3v) is 0.454. The zero-order chi connectivity index (χ0) is 4.12. The van der Waals surface area contributed by atoms with Gasteiger partial charge in [-0.3, -0.25) is 0 Å². The maximum absolute atomic E-state index is 5.10. The number of hydrogen-bond donors (Lipinski definition) is 1. The molecular formula is C4H10N+. The fraction of sp³-hybridized carbons (Fsp3) is 0.750. The van der Waals surface area contributed by atoms with Gasteiger partial charge in [-0.1, -0.05) is 0 Å². The van der Waals surface area contributed by atoms with E-state index in [1.807, 2.05) is 0 Å². The molecule has 1 nitrogen and oxygen atoms in total. The largest absolute Gasteiger partial charge is 0.330 e. The Labute approximate surface area is 33.2 Å². The van der Waals surface area contributed by atoms with Crippen LogP contribution in [-0.2, 0) is 0 Å². The molecule has 30 valence electrons. The number of unbranched alkanes of at least 4 members (excludes halogenated alkanes) is 1. The van der Waals surface area contributed by atoms with Crippen LogP contribution in [-0.4, -0.2) is 6.54 Å². The van der Waals surface area contributed by atoms with Crippen LogP contribution in [0.5, 0.6) is 0 Å². The molecule has 0 spiro atoms. The van der Waals surface area contributed by atoms with Crippen LogP contribution in [0.2, 0.25) is 0 Å². The summed E-state index contributed by atoms with van der Waals surface area (Å²) in [4.78, 5) is 0. The molecule has 1 heteroatoms. The molecule has 0 aromatic rings. The summed E-state index contributed by atoms with van der Waals surface area (Å²) < 4.78 is 0. The monoisotopic (exact) mass is 72.1 g/mol. The molecule has 0 aliphatic rings. The Morgan fingerprint density at radius 1 is 1.60 bits per heavy atom. The smallest absolute Gasteiger partial charge is 0.0862 e. The van der Waals surface area contributed by atoms with Crippen molar-refractivity contribution in [2.75, 3.05) is 6.54 Å². The first-order valence-corrected chi connectivity index (χ1v) is 1.91. The molecule has 0 aliphatic heterocycles. The fourth-order valence-electron chi connectivity index (χ4n) is 0.144. The second kappa shape index (κ2) is 3.83. The quantitative estimate of drug-likeness (QED) is 0.474. The summed E-state index contributed by atoms with van der Waals surface area (Å²) in [6, 6.07) is 0. The van der Waals surface area contributed by atoms with Crippen LogP contribution in [0.25, 0.3) is 0 Å². The SMILES string of the molecule is [CH2+]CCCN. The summed E-state index contributed by atoms with van der Waals surface area (Å²) in [6.07, 6.45) is 2.02. The lowest BCUT2D eigenvalue weighted by Gasteiger charge is -1.75. The van der Waals surface area contributed by atoms with Gasteiger partial charge >= 0.3 is 0 Å². The number of nitrogens with two attached hydrogens (primary N) is 1. The third kappa shape index (κ3) is 3.83. The summed E-state index contributed by atoms with van der Waals surface area (Å²) >= 11 is 0. The van der Waals surface area contributed by atoms with E-state index in [2.05, 4.69) is 6.92 Å². The van der Waals surface area contributed by atoms with Gasteiger partial charge in [0, 0.05) is 0 Å². The van der Waals surface area contributed by atoms with Crippen LogP contribution in [0.15, 0.2) is 0 Å². The fourth-order valence-corrected chi connectivity index (χ4v) is 0.144. The molecule has 0 saturated heterocycles. The lowest BCUT2D eigenvalue weighted by atomic mass is 10.3. The molecule has 2 N–H and O–H groups in total. The van der Waals surface area contributed by atoms with Crippen molar-refractivity contribution in [3.8, 4) is 0 Å². The van der Waals surface area contributed by atoms with Crippen molar-refractivity contribution in [3.63, 3.8) is 0 Å². The Bertz CT molecular complexity index is 11.1. The van der Waals surface area contributed by atoms with Gasteiger partial charge in [0.1, 0.15) is 0 Å². The average molecular weight is 72.1 g/mol. The first kappa shape index (κ1) is 4.83. The standard InChI is InChI=1S/C4H10N/c1-2-3-4-5/h1-5H2/q+1. The van der Waals surface area contributed by atoms with Gasteiger partial charge in [0.05, 0.1) is 13.3 Å². The normalized spacial score (nSPS) is 8.20. The molecule has 0 radical (unpaired) electrons. The summed E-state index contributed by atoms with van der Waals surface area (Å²) in [7, 11) is 0. The Balaban J connectivity index is 2.19. The van der Waals surface area contributed by atoms with Crippen molar-refractivity contribution in [1.29, 1.82) is 0 Å². The Kier molecular flexibility index (Phi) is 3.70. The van der Waals surface area contributed by atoms with Gasteiger partial charge in [-0.05, 0) is 13.0 Å². The first-order valence-electron chi connectivity index (χ1n) is 1.91. The molecule has 0 saturated carbocycles. The number of rotatable bonds is 2. The van der Waals surface area contributed by atoms with Gasteiger partial charge < -0.3 is 5.73 Å². The average Bonchev–Trinajstić information content (AvgIpc) is 1.41. The predicted octanol–water partition coefficient (Wildman–Crippen LogP) is 0.559. The van der Waals surface area contributed by atoms with Gasteiger partial charge in [0.15, 0.2) is 0 Å². The minimum absolute atomic E-state index is 0.781. The zero-order valence-electron chi connectivity index (χ0n) is 3.41. The topological polar surface area (TPSA) is 26.0 Å². The van der Waals surface area contributed by atoms with E-state index in [4.69, 9.17) is 5.73 Å². The lowest BCUT2D eigenvalue weighted by Crippen LogP contribution is -1.95. The highest BCUT2D eigenvalue weighted by molar-refractivity contribution is 4.38. The molecule has 0 bridgehead atoms. The van der Waals surface area contributed by atoms with E-state index in [-0.39, 0.29) is 0 Å². The Morgan fingerprint density at radius 2 is 2.20 bits per heavy atom. The summed E-state index contributed by atoms with van der Waals surface area (Å²) in [6.45, 7) is 4.38. The van der Waals surface area contributed by atoms with Crippen LogP contribution in [0.1, 0.15) is 12.8 Å². The van der Waals surface area contributed by atoms with Gasteiger partial charge in [-0.2, -0.15) is 0 Å². The van der Waals surface area contributed by atoms with Gasteiger partial charge in [-0.15, -0.1) is 0 Å². The highest BCUT2D eigenvalue weighted by Crippen LogP contribution is 1.76. The lowest BCUT2D eigenvalue weighted by molar-refractivity contribution is 0.853. The predicted molar refractivity (Wildman–Crippen MR) is 23.6 cm³/mol. The third-order valence-electron chi connectivity index (χ3n) is 0.454. The molecule has 0 aromatic heterocycles. The van der Waals surface area contributed by atoms with Crippen LogP contribution >= 0.6 is 0 Å². The van der Waals surface area contributed by atoms with E-state index >= 15 is 0 Å². The molecule has 0 fully saturated rings. The maximum Gasteiger partial charge on any atom is 0.0862 e. The minimum Gasteiger partial charge on any atom is -0.330 e. The zero-order valence-corrected chi connectivity index (χ0v) is 3.41. The van der Waals surface area contributed by atoms with Crippen molar-refractivity contribution in [2.45, 2.75) is 12.8 Å². The molecule has 0 unspecified atom stereocenters. The van der Waals surface area contributed by atoms with Gasteiger partial charge in [-0.25, -0.2) is 0 Å². The van der Waals surface area contributed by atoms with Crippen molar-refractivity contribution in [3.05, 3.63) is 6.92 Å². The van der Waals surface area contributed by atoms with Crippen LogP contribution < -0.4 is 5.73 Å². The molecule has 0 atom stereocenters. The van der Waals surface area contributed by atoms with Crippen LogP contribution in [0.3, 0.4) is 0 Å². The molecule has 0 rings (SSSR count). The molecule has 0 aromatic carbocycles. The molecule has 5 heavy (non-hydrogen) atoms. The van der Waals surface area contributed by atoms with Crippen molar-refractivity contribution in [1.82, 2.24) is 0 Å². The highest BCUT2D eigenvalue weighted by Gasteiger charge is 1.74. The van der Waals surface area contributed by atoms with Crippen molar-refractivity contribution < 1.29 is 0 Å². The van der Waals surface area contributed by atoms with Crippen LogP contribution in [0, 0.1) is 6.92 Å². The van der Waals surface area contributed by atoms with Crippen molar-refractivity contribution >= 4 is 0 Å². The van der Waals surface area contributed by atoms with E-state index < -0.39 is 0 Å². The van der Waals surface area contributed by atoms with E-state index in [0.29, 0.717) is 0 Å². The maximum atomic E-state index is 5.10. The first-order chi connectivity index (χ1) is 2.41. The Morgan fingerprint density at radius 3 is 2.20 bits per heavy atom. The summed E-state index contributed by atoms with van der Waals surface area (Å²) in [5, 5.41) is 0. The summed E-state index contributed by atoms with van der Waals surface area (Å²) in [5.74, 6) is 0. The molecular weight excluding hydrogens is 62.1 g/mol. The second-order valence-electron chi connectivity index (χ2n) is 0.996. The van der Waals surface area contributed by atoms with E-state index in [0.717, 1.165) is 19.4 Å². The van der Waals surface area contributed by atoms with E-state index in [1.54, 1.807) is 0 Å². The molecule has 0 heterocycles. The van der Waals surface area contributed by atoms with Crippen molar-refractivity contribution in [2.24, 2.45) is 5.73 Å². The van der Waals surface area contributed by atoms with Gasteiger partial charge in [0.2, 0.25) is 0 Å².